The summed E-state index contributed by atoms with van der Waals surface area (Å²) < 4.78 is 89.6. The Balaban J connectivity index is 1.90. The van der Waals surface area contributed by atoms with Crippen LogP contribution in [0, 0.1) is 12.7 Å². The molecule has 12 heteroatoms. The third kappa shape index (κ3) is 4.59. The summed E-state index contributed by atoms with van der Waals surface area (Å²) in [6, 6.07) is 7.31. The standard InChI is InChI=1S/C20H20F4N2O5S/c1-12-10-14(5-6-15(12)21)32(28,29)26-8-9-30-17-7-4-13(11-16(17)26)25-18(27)31-19(2,3)20(22,23)24/h4-7,10-11H,8-9H2,1-3H3,(H,25,27). The fourth-order valence-corrected chi connectivity index (χ4v) is 4.40. The van der Waals surface area contributed by atoms with E-state index in [1.165, 1.54) is 31.2 Å². The molecule has 0 atom stereocenters. The summed E-state index contributed by atoms with van der Waals surface area (Å²) in [5.41, 5.74) is -2.53. The molecule has 0 radical (unpaired) electrons. The van der Waals surface area contributed by atoms with Crippen LogP contribution in [-0.4, -0.2) is 39.4 Å². The topological polar surface area (TPSA) is 84.9 Å². The van der Waals surface area contributed by atoms with E-state index in [0.29, 0.717) is 13.8 Å². The monoisotopic (exact) mass is 476 g/mol. The summed E-state index contributed by atoms with van der Waals surface area (Å²) in [5, 5.41) is 2.16. The van der Waals surface area contributed by atoms with Crippen LogP contribution in [0.2, 0.25) is 0 Å². The van der Waals surface area contributed by atoms with E-state index in [4.69, 9.17) is 4.74 Å². The Morgan fingerprint density at radius 3 is 2.47 bits per heavy atom. The minimum Gasteiger partial charge on any atom is -0.489 e. The summed E-state index contributed by atoms with van der Waals surface area (Å²) in [7, 11) is -4.11. The van der Waals surface area contributed by atoms with Gasteiger partial charge in [0.2, 0.25) is 5.60 Å². The number of sulfonamides is 1. The molecule has 0 saturated heterocycles. The maximum absolute atomic E-state index is 13.6. The maximum atomic E-state index is 13.6. The van der Waals surface area contributed by atoms with Crippen molar-refractivity contribution in [2.24, 2.45) is 0 Å². The van der Waals surface area contributed by atoms with E-state index < -0.39 is 33.7 Å². The highest BCUT2D eigenvalue weighted by molar-refractivity contribution is 7.92. The minimum absolute atomic E-state index is 0.00675. The van der Waals surface area contributed by atoms with Crippen molar-refractivity contribution in [3.8, 4) is 5.75 Å². The number of amides is 1. The predicted molar refractivity (Wildman–Crippen MR) is 108 cm³/mol. The van der Waals surface area contributed by atoms with Gasteiger partial charge in [0.1, 0.15) is 18.2 Å². The molecule has 1 amide bonds. The van der Waals surface area contributed by atoms with Crippen molar-refractivity contribution in [1.82, 2.24) is 0 Å². The van der Waals surface area contributed by atoms with E-state index in [2.05, 4.69) is 10.1 Å². The summed E-state index contributed by atoms with van der Waals surface area (Å²) in [5.74, 6) is -0.369. The van der Waals surface area contributed by atoms with Crippen molar-refractivity contribution >= 4 is 27.5 Å². The molecule has 0 spiro atoms. The molecule has 0 bridgehead atoms. The molecule has 32 heavy (non-hydrogen) atoms. The second-order valence-corrected chi connectivity index (χ2v) is 9.40. The minimum atomic E-state index is -4.79. The molecule has 0 saturated carbocycles. The van der Waals surface area contributed by atoms with Gasteiger partial charge in [-0.25, -0.2) is 17.6 Å². The molecule has 1 aliphatic heterocycles. The number of ether oxygens (including phenoxy) is 2. The van der Waals surface area contributed by atoms with Crippen LogP contribution in [0.4, 0.5) is 33.7 Å². The smallest absolute Gasteiger partial charge is 0.427 e. The molecule has 1 heterocycles. The largest absolute Gasteiger partial charge is 0.489 e. The van der Waals surface area contributed by atoms with Crippen molar-refractivity contribution in [3.63, 3.8) is 0 Å². The fraction of sp³-hybridized carbons (Fsp3) is 0.350. The molecule has 0 unspecified atom stereocenters. The van der Waals surface area contributed by atoms with Crippen molar-refractivity contribution in [2.45, 2.75) is 37.4 Å². The number of hydrogen-bond acceptors (Lipinski definition) is 5. The Bertz CT molecular complexity index is 1150. The molecule has 0 aliphatic carbocycles. The van der Waals surface area contributed by atoms with Crippen LogP contribution in [0.15, 0.2) is 41.3 Å². The quantitative estimate of drug-likeness (QED) is 0.652. The number of carbonyl (C=O) groups is 1. The Morgan fingerprint density at radius 1 is 1.16 bits per heavy atom. The lowest BCUT2D eigenvalue weighted by Gasteiger charge is -2.31. The van der Waals surface area contributed by atoms with E-state index in [0.717, 1.165) is 16.4 Å². The first kappa shape index (κ1) is 23.6. The van der Waals surface area contributed by atoms with Crippen LogP contribution in [0.1, 0.15) is 19.4 Å². The van der Waals surface area contributed by atoms with E-state index in [9.17, 15) is 30.8 Å². The van der Waals surface area contributed by atoms with Gasteiger partial charge in [0.05, 0.1) is 17.1 Å². The van der Waals surface area contributed by atoms with Gasteiger partial charge in [-0.15, -0.1) is 0 Å². The van der Waals surface area contributed by atoms with Gasteiger partial charge in [-0.3, -0.25) is 9.62 Å². The van der Waals surface area contributed by atoms with Gasteiger partial charge in [-0.1, -0.05) is 0 Å². The highest BCUT2D eigenvalue weighted by Crippen LogP contribution is 2.38. The van der Waals surface area contributed by atoms with Gasteiger partial charge in [0.25, 0.3) is 10.0 Å². The number of rotatable bonds is 4. The van der Waals surface area contributed by atoms with E-state index >= 15 is 0 Å². The highest BCUT2D eigenvalue weighted by Gasteiger charge is 2.51. The zero-order chi connectivity index (χ0) is 23.9. The number of fused-ring (bicyclic) bond motifs is 1. The molecule has 1 N–H and O–H groups in total. The molecular formula is C20H20F4N2O5S. The lowest BCUT2D eigenvalue weighted by Crippen LogP contribution is -2.44. The SMILES string of the molecule is Cc1cc(S(=O)(=O)N2CCOc3ccc(NC(=O)OC(C)(C)C(F)(F)F)cc32)ccc1F. The average molecular weight is 476 g/mol. The number of hydrogen-bond donors (Lipinski definition) is 1. The first-order valence-corrected chi connectivity index (χ1v) is 10.8. The van der Waals surface area contributed by atoms with Crippen LogP contribution in [0.25, 0.3) is 0 Å². The van der Waals surface area contributed by atoms with Gasteiger partial charge in [0, 0.05) is 5.69 Å². The van der Waals surface area contributed by atoms with E-state index in [1.54, 1.807) is 0 Å². The summed E-state index contributed by atoms with van der Waals surface area (Å²) in [6.07, 6.45) is -6.15. The molecule has 7 nitrogen and oxygen atoms in total. The first-order chi connectivity index (χ1) is 14.7. The zero-order valence-electron chi connectivity index (χ0n) is 17.3. The van der Waals surface area contributed by atoms with Gasteiger partial charge in [0.15, 0.2) is 0 Å². The predicted octanol–water partition coefficient (Wildman–Crippen LogP) is 4.61. The number of anilines is 2. The number of aryl methyl sites for hydroxylation is 1. The second-order valence-electron chi connectivity index (χ2n) is 7.54. The van der Waals surface area contributed by atoms with Crippen molar-refractivity contribution in [1.29, 1.82) is 0 Å². The normalized spacial score (nSPS) is 14.4. The van der Waals surface area contributed by atoms with E-state index in [1.807, 2.05) is 0 Å². The van der Waals surface area contributed by atoms with Gasteiger partial charge >= 0.3 is 12.3 Å². The highest BCUT2D eigenvalue weighted by atomic mass is 32.2. The molecule has 2 aromatic carbocycles. The number of benzene rings is 2. The van der Waals surface area contributed by atoms with Crippen LogP contribution in [0.3, 0.4) is 0 Å². The van der Waals surface area contributed by atoms with Crippen molar-refractivity contribution in [2.75, 3.05) is 22.8 Å². The van der Waals surface area contributed by atoms with Crippen LogP contribution < -0.4 is 14.4 Å². The number of carbonyl (C=O) groups excluding carboxylic acids is 1. The first-order valence-electron chi connectivity index (χ1n) is 9.35. The van der Waals surface area contributed by atoms with Crippen LogP contribution >= 0.6 is 0 Å². The number of nitrogens with zero attached hydrogens (tertiary/aromatic N) is 1. The maximum Gasteiger partial charge on any atom is 0.427 e. The number of halogens is 4. The van der Waals surface area contributed by atoms with Gasteiger partial charge < -0.3 is 9.47 Å². The third-order valence-corrected chi connectivity index (χ3v) is 6.58. The Labute approximate surface area is 182 Å². The average Bonchev–Trinajstić information content (AvgIpc) is 2.68. The zero-order valence-corrected chi connectivity index (χ0v) is 18.1. The third-order valence-electron chi connectivity index (χ3n) is 4.77. The summed E-state index contributed by atoms with van der Waals surface area (Å²) in [4.78, 5) is 11.8. The Morgan fingerprint density at radius 2 is 1.84 bits per heavy atom. The van der Waals surface area contributed by atoms with E-state index in [-0.39, 0.29) is 40.7 Å². The fourth-order valence-electron chi connectivity index (χ4n) is 2.86. The van der Waals surface area contributed by atoms with Gasteiger partial charge in [-0.05, 0) is 62.7 Å². The molecule has 1 aliphatic rings. The number of alkyl halides is 3. The summed E-state index contributed by atoms with van der Waals surface area (Å²) in [6.45, 7) is 2.80. The van der Waals surface area contributed by atoms with Crippen LogP contribution in [0.5, 0.6) is 5.75 Å². The van der Waals surface area contributed by atoms with Crippen molar-refractivity contribution < 1.29 is 40.2 Å². The lowest BCUT2D eigenvalue weighted by molar-refractivity contribution is -0.242. The second kappa shape index (κ2) is 8.15. The Kier molecular flexibility index (Phi) is 6.02. The molecule has 3 rings (SSSR count). The molecule has 0 aromatic heterocycles. The molecule has 174 valence electrons. The summed E-state index contributed by atoms with van der Waals surface area (Å²) >= 11 is 0. The molecule has 2 aromatic rings. The van der Waals surface area contributed by atoms with Crippen LogP contribution in [-0.2, 0) is 14.8 Å². The number of nitrogens with one attached hydrogen (secondary N) is 1. The molecular weight excluding hydrogens is 456 g/mol. The Hall–Kier alpha value is -3.02. The van der Waals surface area contributed by atoms with Gasteiger partial charge in [-0.2, -0.15) is 13.2 Å². The molecule has 0 fully saturated rings. The lowest BCUT2D eigenvalue weighted by atomic mass is 10.1. The van der Waals surface area contributed by atoms with Crippen molar-refractivity contribution in [3.05, 3.63) is 47.8 Å².